The molecule has 3 N–H and O–H groups in total. The molecule has 1 amide bonds. The summed E-state index contributed by atoms with van der Waals surface area (Å²) in [6.07, 6.45) is 1.15. The number of nitrogen functional groups attached to an aromatic ring is 1. The average molecular weight is 263 g/mol. The van der Waals surface area contributed by atoms with Crippen molar-refractivity contribution in [2.75, 3.05) is 37.3 Å². The highest BCUT2D eigenvalue weighted by Gasteiger charge is 2.17. The van der Waals surface area contributed by atoms with Gasteiger partial charge in [0.2, 0.25) is 5.91 Å². The lowest BCUT2D eigenvalue weighted by molar-refractivity contribution is -0.117. The normalized spacial score (nSPS) is 20.8. The number of nitrogens with two attached hydrogens (primary N) is 1. The van der Waals surface area contributed by atoms with Gasteiger partial charge in [0.25, 0.3) is 0 Å². The number of benzene rings is 1. The molecule has 1 aromatic carbocycles. The first-order chi connectivity index (χ1) is 9.13. The summed E-state index contributed by atoms with van der Waals surface area (Å²) in [5, 5.41) is 2.86. The van der Waals surface area contributed by atoms with Crippen LogP contribution in [0.3, 0.4) is 0 Å². The van der Waals surface area contributed by atoms with Crippen LogP contribution in [-0.4, -0.2) is 43.2 Å². The quantitative estimate of drug-likeness (QED) is 0.807. The Bertz CT molecular complexity index is 436. The zero-order valence-electron chi connectivity index (χ0n) is 11.3. The van der Waals surface area contributed by atoms with Gasteiger partial charge in [0.05, 0.1) is 12.6 Å². The molecule has 104 valence electrons. The molecule has 1 fully saturated rings. The van der Waals surface area contributed by atoms with Crippen LogP contribution in [0.2, 0.25) is 0 Å². The van der Waals surface area contributed by atoms with E-state index in [0.717, 1.165) is 31.8 Å². The lowest BCUT2D eigenvalue weighted by atomic mass is 10.3. The fraction of sp³-hybridized carbons (Fsp3) is 0.500. The number of hydrogen-bond donors (Lipinski definition) is 2. The number of nitrogens with zero attached hydrogens (tertiary/aromatic N) is 1. The maximum Gasteiger partial charge on any atom is 0.238 e. The summed E-state index contributed by atoms with van der Waals surface area (Å²) in [5.41, 5.74) is 7.07. The van der Waals surface area contributed by atoms with E-state index in [0.29, 0.717) is 12.2 Å². The van der Waals surface area contributed by atoms with Gasteiger partial charge in [-0.1, -0.05) is 6.07 Å². The van der Waals surface area contributed by atoms with Crippen molar-refractivity contribution >= 4 is 17.3 Å². The molecule has 1 aliphatic heterocycles. The van der Waals surface area contributed by atoms with E-state index < -0.39 is 0 Å². The van der Waals surface area contributed by atoms with Crippen molar-refractivity contribution in [3.63, 3.8) is 0 Å². The molecule has 0 saturated carbocycles. The fourth-order valence-corrected chi connectivity index (χ4v) is 2.24. The van der Waals surface area contributed by atoms with E-state index in [-0.39, 0.29) is 12.0 Å². The number of carbonyl (C=O) groups excluding carboxylic acids is 1. The third-order valence-electron chi connectivity index (χ3n) is 3.07. The molecule has 1 aromatic rings. The zero-order chi connectivity index (χ0) is 13.7. The van der Waals surface area contributed by atoms with Crippen molar-refractivity contribution in [3.8, 4) is 0 Å². The largest absolute Gasteiger partial charge is 0.399 e. The van der Waals surface area contributed by atoms with Gasteiger partial charge < -0.3 is 15.8 Å². The van der Waals surface area contributed by atoms with E-state index in [2.05, 4.69) is 10.2 Å². The van der Waals surface area contributed by atoms with E-state index in [9.17, 15) is 4.79 Å². The summed E-state index contributed by atoms with van der Waals surface area (Å²) >= 11 is 0. The molecule has 1 aliphatic rings. The van der Waals surface area contributed by atoms with Gasteiger partial charge in [-0.15, -0.1) is 0 Å². The smallest absolute Gasteiger partial charge is 0.238 e. The van der Waals surface area contributed by atoms with Crippen LogP contribution >= 0.6 is 0 Å². The summed E-state index contributed by atoms with van der Waals surface area (Å²) in [6, 6.07) is 7.21. The Morgan fingerprint density at radius 1 is 1.58 bits per heavy atom. The second kappa shape index (κ2) is 6.54. The van der Waals surface area contributed by atoms with Crippen molar-refractivity contribution in [2.45, 2.75) is 19.4 Å². The van der Waals surface area contributed by atoms with Gasteiger partial charge in [-0.25, -0.2) is 0 Å². The predicted molar refractivity (Wildman–Crippen MR) is 76.0 cm³/mol. The molecule has 1 heterocycles. The Morgan fingerprint density at radius 2 is 2.42 bits per heavy atom. The molecule has 1 saturated heterocycles. The van der Waals surface area contributed by atoms with Crippen LogP contribution in [0.1, 0.15) is 13.3 Å². The lowest BCUT2D eigenvalue weighted by Crippen LogP contribution is -2.37. The molecule has 19 heavy (non-hydrogen) atoms. The molecule has 0 aliphatic carbocycles. The molecule has 1 atom stereocenters. The fourth-order valence-electron chi connectivity index (χ4n) is 2.24. The van der Waals surface area contributed by atoms with Crippen LogP contribution in [0.25, 0.3) is 0 Å². The molecule has 0 aromatic heterocycles. The minimum atomic E-state index is -0.0142. The minimum absolute atomic E-state index is 0.0142. The zero-order valence-corrected chi connectivity index (χ0v) is 11.3. The van der Waals surface area contributed by atoms with Crippen molar-refractivity contribution in [2.24, 2.45) is 0 Å². The Kier molecular flexibility index (Phi) is 4.76. The van der Waals surface area contributed by atoms with Crippen LogP contribution < -0.4 is 11.1 Å². The molecular formula is C14H21N3O2. The van der Waals surface area contributed by atoms with Gasteiger partial charge in [-0.2, -0.15) is 0 Å². The minimum Gasteiger partial charge on any atom is -0.399 e. The van der Waals surface area contributed by atoms with Crippen LogP contribution in [0.15, 0.2) is 24.3 Å². The van der Waals surface area contributed by atoms with Crippen molar-refractivity contribution < 1.29 is 9.53 Å². The Morgan fingerprint density at radius 3 is 3.21 bits per heavy atom. The second-order valence-electron chi connectivity index (χ2n) is 4.94. The number of rotatable bonds is 3. The second-order valence-corrected chi connectivity index (χ2v) is 4.94. The first-order valence-electron chi connectivity index (χ1n) is 6.63. The summed E-state index contributed by atoms with van der Waals surface area (Å²) in [6.45, 7) is 4.89. The summed E-state index contributed by atoms with van der Waals surface area (Å²) in [4.78, 5) is 14.1. The molecule has 2 rings (SSSR count). The molecule has 0 bridgehead atoms. The Labute approximate surface area is 113 Å². The van der Waals surface area contributed by atoms with Crippen molar-refractivity contribution in [1.29, 1.82) is 0 Å². The highest BCUT2D eigenvalue weighted by atomic mass is 16.5. The number of amides is 1. The van der Waals surface area contributed by atoms with Gasteiger partial charge in [-0.05, 0) is 31.5 Å². The van der Waals surface area contributed by atoms with Crippen LogP contribution in [0.4, 0.5) is 11.4 Å². The highest BCUT2D eigenvalue weighted by Crippen LogP contribution is 2.12. The van der Waals surface area contributed by atoms with Gasteiger partial charge in [-0.3, -0.25) is 9.69 Å². The SMILES string of the molecule is CC1CN(CC(=O)Nc2cccc(N)c2)CCCO1. The standard InChI is InChI=1S/C14H21N3O2/c1-11-9-17(6-3-7-19-11)10-14(18)16-13-5-2-4-12(15)8-13/h2,4-5,8,11H,3,6-7,9-10,15H2,1H3,(H,16,18). The third-order valence-corrected chi connectivity index (χ3v) is 3.07. The monoisotopic (exact) mass is 263 g/mol. The number of ether oxygens (including phenoxy) is 1. The lowest BCUT2D eigenvalue weighted by Gasteiger charge is -2.21. The van der Waals surface area contributed by atoms with E-state index in [1.807, 2.05) is 19.1 Å². The van der Waals surface area contributed by atoms with Gasteiger partial charge >= 0.3 is 0 Å². The predicted octanol–water partition coefficient (Wildman–Crippen LogP) is 1.32. The highest BCUT2D eigenvalue weighted by molar-refractivity contribution is 5.92. The summed E-state index contributed by atoms with van der Waals surface area (Å²) in [7, 11) is 0. The van der Waals surface area contributed by atoms with Gasteiger partial charge in [0.15, 0.2) is 0 Å². The maximum absolute atomic E-state index is 12.0. The van der Waals surface area contributed by atoms with Crippen LogP contribution in [0.5, 0.6) is 0 Å². The first-order valence-corrected chi connectivity index (χ1v) is 6.63. The van der Waals surface area contributed by atoms with Crippen LogP contribution in [0, 0.1) is 0 Å². The Balaban J connectivity index is 1.86. The average Bonchev–Trinajstić information content (AvgIpc) is 2.53. The summed E-state index contributed by atoms with van der Waals surface area (Å²) in [5.74, 6) is -0.0142. The molecule has 0 radical (unpaired) electrons. The van der Waals surface area contributed by atoms with E-state index in [1.165, 1.54) is 0 Å². The number of nitrogens with one attached hydrogen (secondary N) is 1. The van der Waals surface area contributed by atoms with E-state index in [4.69, 9.17) is 10.5 Å². The van der Waals surface area contributed by atoms with Crippen molar-refractivity contribution in [3.05, 3.63) is 24.3 Å². The maximum atomic E-state index is 12.0. The molecule has 0 spiro atoms. The first kappa shape index (κ1) is 13.8. The number of hydrogen-bond acceptors (Lipinski definition) is 4. The molecule has 5 nitrogen and oxygen atoms in total. The molecule has 5 heteroatoms. The topological polar surface area (TPSA) is 67.6 Å². The molecule has 1 unspecified atom stereocenters. The van der Waals surface area contributed by atoms with E-state index >= 15 is 0 Å². The summed E-state index contributed by atoms with van der Waals surface area (Å²) < 4.78 is 5.56. The van der Waals surface area contributed by atoms with E-state index in [1.54, 1.807) is 12.1 Å². The number of anilines is 2. The van der Waals surface area contributed by atoms with Crippen molar-refractivity contribution in [1.82, 2.24) is 4.90 Å². The Hall–Kier alpha value is -1.59. The van der Waals surface area contributed by atoms with Gasteiger partial charge in [0, 0.05) is 31.1 Å². The third kappa shape index (κ3) is 4.54. The van der Waals surface area contributed by atoms with Gasteiger partial charge in [0.1, 0.15) is 0 Å². The van der Waals surface area contributed by atoms with Crippen LogP contribution in [-0.2, 0) is 9.53 Å². The molecular weight excluding hydrogens is 242 g/mol. The number of carbonyl (C=O) groups is 1.